The van der Waals surface area contributed by atoms with Gasteiger partial charge in [-0.1, -0.05) is 29.8 Å². The van der Waals surface area contributed by atoms with Crippen molar-refractivity contribution >= 4 is 23.4 Å². The normalized spacial score (nSPS) is 10.9. The average Bonchev–Trinajstić information content (AvgIpc) is 2.41. The van der Waals surface area contributed by atoms with Crippen molar-refractivity contribution in [1.82, 2.24) is 0 Å². The molecule has 1 N–H and O–H groups in total. The molecule has 0 heterocycles. The number of anilines is 1. The van der Waals surface area contributed by atoms with E-state index in [1.165, 1.54) is 0 Å². The molecule has 0 saturated heterocycles. The van der Waals surface area contributed by atoms with E-state index >= 15 is 0 Å². The molecule has 22 heavy (non-hydrogen) atoms. The summed E-state index contributed by atoms with van der Waals surface area (Å²) in [5, 5.41) is 3.15. The molecule has 0 radical (unpaired) electrons. The molecule has 2 aromatic rings. The first-order valence-electron chi connectivity index (χ1n) is 6.86. The van der Waals surface area contributed by atoms with Crippen LogP contribution in [0.4, 0.5) is 10.5 Å². The fraction of sp³-hybridized carbons (Fsp3) is 0.235. The first-order chi connectivity index (χ1) is 10.3. The van der Waals surface area contributed by atoms with Gasteiger partial charge in [0.15, 0.2) is 5.75 Å². The Labute approximate surface area is 135 Å². The largest absolute Gasteiger partial charge is 0.455 e. The smallest absolute Gasteiger partial charge is 0.412 e. The van der Waals surface area contributed by atoms with Crippen LogP contribution in [0.5, 0.6) is 11.5 Å². The molecule has 0 saturated carbocycles. The maximum absolute atomic E-state index is 11.9. The first kappa shape index (κ1) is 16.2. The quantitative estimate of drug-likeness (QED) is 0.815. The summed E-state index contributed by atoms with van der Waals surface area (Å²) >= 11 is 5.99. The molecule has 0 aromatic heterocycles. The number of carbonyl (C=O) groups excluding carboxylic acids is 1. The predicted molar refractivity (Wildman–Crippen MR) is 87.8 cm³/mol. The van der Waals surface area contributed by atoms with E-state index in [2.05, 4.69) is 5.32 Å². The van der Waals surface area contributed by atoms with Gasteiger partial charge in [-0.05, 0) is 51.1 Å². The lowest BCUT2D eigenvalue weighted by Crippen LogP contribution is -2.27. The Kier molecular flexibility index (Phi) is 4.93. The van der Waals surface area contributed by atoms with Gasteiger partial charge in [0.2, 0.25) is 0 Å². The highest BCUT2D eigenvalue weighted by molar-refractivity contribution is 6.31. The summed E-state index contributed by atoms with van der Waals surface area (Å²) in [6.45, 7) is 5.39. The van der Waals surface area contributed by atoms with Crippen LogP contribution < -0.4 is 10.1 Å². The molecule has 0 aliphatic heterocycles. The third-order valence-corrected chi connectivity index (χ3v) is 2.78. The molecular formula is C17H18ClNO3. The molecule has 0 aliphatic carbocycles. The van der Waals surface area contributed by atoms with Crippen LogP contribution in [0.15, 0.2) is 48.5 Å². The van der Waals surface area contributed by atoms with Crippen molar-refractivity contribution < 1.29 is 14.3 Å². The summed E-state index contributed by atoms with van der Waals surface area (Å²) < 4.78 is 11.0. The Morgan fingerprint density at radius 2 is 1.77 bits per heavy atom. The third kappa shape index (κ3) is 4.97. The molecule has 1 amide bonds. The van der Waals surface area contributed by atoms with Gasteiger partial charge in [-0.25, -0.2) is 4.79 Å². The summed E-state index contributed by atoms with van der Waals surface area (Å²) in [7, 11) is 0. The molecule has 0 bridgehead atoms. The van der Waals surface area contributed by atoms with E-state index in [0.29, 0.717) is 22.2 Å². The van der Waals surface area contributed by atoms with Crippen molar-refractivity contribution in [1.29, 1.82) is 0 Å². The Hall–Kier alpha value is -2.20. The second-order valence-corrected chi connectivity index (χ2v) is 6.12. The lowest BCUT2D eigenvalue weighted by Gasteiger charge is -2.20. The van der Waals surface area contributed by atoms with Gasteiger partial charge < -0.3 is 9.47 Å². The summed E-state index contributed by atoms with van der Waals surface area (Å²) in [6.07, 6.45) is -0.562. The molecular weight excluding hydrogens is 302 g/mol. The molecule has 4 nitrogen and oxygen atoms in total. The molecule has 2 rings (SSSR count). The number of para-hydroxylation sites is 1. The topological polar surface area (TPSA) is 47.6 Å². The minimum absolute atomic E-state index is 0.450. The van der Waals surface area contributed by atoms with Crippen LogP contribution in [0, 0.1) is 0 Å². The van der Waals surface area contributed by atoms with E-state index in [9.17, 15) is 4.79 Å². The lowest BCUT2D eigenvalue weighted by molar-refractivity contribution is 0.0635. The molecule has 5 heteroatoms. The molecule has 0 fully saturated rings. The second-order valence-electron chi connectivity index (χ2n) is 5.68. The SMILES string of the molecule is CC(C)(C)OC(=O)Nc1cc(Cl)ccc1Oc1ccccc1. The van der Waals surface area contributed by atoms with E-state index in [1.807, 2.05) is 30.3 Å². The highest BCUT2D eigenvalue weighted by atomic mass is 35.5. The maximum Gasteiger partial charge on any atom is 0.412 e. The zero-order chi connectivity index (χ0) is 16.2. The van der Waals surface area contributed by atoms with Gasteiger partial charge in [0.05, 0.1) is 5.69 Å². The van der Waals surface area contributed by atoms with Gasteiger partial charge in [-0.3, -0.25) is 5.32 Å². The van der Waals surface area contributed by atoms with Gasteiger partial charge in [0.1, 0.15) is 11.4 Å². The van der Waals surface area contributed by atoms with E-state index in [4.69, 9.17) is 21.1 Å². The van der Waals surface area contributed by atoms with E-state index in [0.717, 1.165) is 0 Å². The fourth-order valence-electron chi connectivity index (χ4n) is 1.72. The number of amides is 1. The summed E-state index contributed by atoms with van der Waals surface area (Å²) in [6, 6.07) is 14.3. The Morgan fingerprint density at radius 1 is 1.09 bits per heavy atom. The monoisotopic (exact) mass is 319 g/mol. The summed E-state index contributed by atoms with van der Waals surface area (Å²) in [5.74, 6) is 1.15. The van der Waals surface area contributed by atoms with E-state index in [1.54, 1.807) is 39.0 Å². The van der Waals surface area contributed by atoms with E-state index in [-0.39, 0.29) is 0 Å². The van der Waals surface area contributed by atoms with Crippen LogP contribution in [0.3, 0.4) is 0 Å². The van der Waals surface area contributed by atoms with Crippen LogP contribution in [0.2, 0.25) is 5.02 Å². The number of ether oxygens (including phenoxy) is 2. The fourth-order valence-corrected chi connectivity index (χ4v) is 1.89. The zero-order valence-electron chi connectivity index (χ0n) is 12.7. The molecule has 0 aliphatic rings. The zero-order valence-corrected chi connectivity index (χ0v) is 13.5. The minimum atomic E-state index is -0.580. The number of carbonyl (C=O) groups is 1. The van der Waals surface area contributed by atoms with Crippen LogP contribution in [0.25, 0.3) is 0 Å². The molecule has 0 atom stereocenters. The van der Waals surface area contributed by atoms with Crippen LogP contribution in [-0.4, -0.2) is 11.7 Å². The Morgan fingerprint density at radius 3 is 2.41 bits per heavy atom. The van der Waals surface area contributed by atoms with Gasteiger partial charge >= 0.3 is 6.09 Å². The molecule has 116 valence electrons. The predicted octanol–water partition coefficient (Wildman–Crippen LogP) is 5.48. The third-order valence-electron chi connectivity index (χ3n) is 2.55. The van der Waals surface area contributed by atoms with Crippen molar-refractivity contribution in [3.8, 4) is 11.5 Å². The van der Waals surface area contributed by atoms with Crippen molar-refractivity contribution in [3.63, 3.8) is 0 Å². The van der Waals surface area contributed by atoms with Gasteiger partial charge in [-0.15, -0.1) is 0 Å². The lowest BCUT2D eigenvalue weighted by atomic mass is 10.2. The number of hydrogen-bond acceptors (Lipinski definition) is 3. The average molecular weight is 320 g/mol. The molecule has 2 aromatic carbocycles. The van der Waals surface area contributed by atoms with Crippen LogP contribution in [-0.2, 0) is 4.74 Å². The molecule has 0 unspecified atom stereocenters. The van der Waals surface area contributed by atoms with Crippen LogP contribution in [0.1, 0.15) is 20.8 Å². The van der Waals surface area contributed by atoms with Crippen LogP contribution >= 0.6 is 11.6 Å². The number of hydrogen-bond donors (Lipinski definition) is 1. The Bertz CT molecular complexity index is 651. The number of nitrogens with one attached hydrogen (secondary N) is 1. The summed E-state index contributed by atoms with van der Waals surface area (Å²) in [5.41, 5.74) is -0.131. The molecule has 0 spiro atoms. The van der Waals surface area contributed by atoms with Crippen molar-refractivity contribution in [2.75, 3.05) is 5.32 Å². The number of benzene rings is 2. The number of halogens is 1. The van der Waals surface area contributed by atoms with Crippen molar-refractivity contribution in [2.45, 2.75) is 26.4 Å². The van der Waals surface area contributed by atoms with Crippen molar-refractivity contribution in [3.05, 3.63) is 53.6 Å². The highest BCUT2D eigenvalue weighted by Gasteiger charge is 2.18. The standard InChI is InChI=1S/C17H18ClNO3/c1-17(2,3)22-16(20)19-14-11-12(18)9-10-15(14)21-13-7-5-4-6-8-13/h4-11H,1-3H3,(H,19,20). The van der Waals surface area contributed by atoms with Gasteiger partial charge in [0, 0.05) is 5.02 Å². The first-order valence-corrected chi connectivity index (χ1v) is 7.24. The summed E-state index contributed by atoms with van der Waals surface area (Å²) in [4.78, 5) is 11.9. The Balaban J connectivity index is 2.19. The van der Waals surface area contributed by atoms with Gasteiger partial charge in [-0.2, -0.15) is 0 Å². The van der Waals surface area contributed by atoms with E-state index < -0.39 is 11.7 Å². The second kappa shape index (κ2) is 6.71. The highest BCUT2D eigenvalue weighted by Crippen LogP contribution is 2.32. The maximum atomic E-state index is 11.9. The van der Waals surface area contributed by atoms with Gasteiger partial charge in [0.25, 0.3) is 0 Å². The number of rotatable bonds is 3. The minimum Gasteiger partial charge on any atom is -0.455 e. The van der Waals surface area contributed by atoms with Crippen molar-refractivity contribution in [2.24, 2.45) is 0 Å².